The highest BCUT2D eigenvalue weighted by Gasteiger charge is 2.23. The first kappa shape index (κ1) is 20.5. The highest BCUT2D eigenvalue weighted by atomic mass is 35.5. The molecular weight excluding hydrogens is 427 g/mol. The first-order valence-corrected chi connectivity index (χ1v) is 9.49. The molecule has 0 aliphatic carbocycles. The summed E-state index contributed by atoms with van der Waals surface area (Å²) in [5.74, 6) is -0.324. The zero-order valence-corrected chi connectivity index (χ0v) is 16.8. The van der Waals surface area contributed by atoms with E-state index < -0.39 is 6.03 Å². The Morgan fingerprint density at radius 3 is 2.43 bits per heavy atom. The van der Waals surface area contributed by atoms with Gasteiger partial charge in [0.25, 0.3) is 0 Å². The fourth-order valence-electron chi connectivity index (χ4n) is 2.72. The molecule has 0 atom stereocenters. The van der Waals surface area contributed by atoms with Crippen molar-refractivity contribution in [2.24, 2.45) is 0 Å². The van der Waals surface area contributed by atoms with Crippen LogP contribution < -0.4 is 10.1 Å². The van der Waals surface area contributed by atoms with E-state index in [0.717, 1.165) is 0 Å². The van der Waals surface area contributed by atoms with Gasteiger partial charge in [-0.15, -0.1) is 0 Å². The minimum atomic E-state index is -0.458. The number of ketones is 1. The maximum Gasteiger partial charge on any atom is 0.324 e. The molecular formula is C19H15Cl3N2O4. The Morgan fingerprint density at radius 2 is 1.75 bits per heavy atom. The average molecular weight is 442 g/mol. The fourth-order valence-corrected chi connectivity index (χ4v) is 3.42. The lowest BCUT2D eigenvalue weighted by Crippen LogP contribution is -2.50. The fraction of sp³-hybridized carbons (Fsp3) is 0.211. The van der Waals surface area contributed by atoms with E-state index in [0.29, 0.717) is 32.9 Å². The summed E-state index contributed by atoms with van der Waals surface area (Å²) in [5, 5.41) is 3.29. The Morgan fingerprint density at radius 1 is 1.04 bits per heavy atom. The summed E-state index contributed by atoms with van der Waals surface area (Å²) < 4.78 is 5.72. The summed E-state index contributed by atoms with van der Waals surface area (Å²) in [5.41, 5.74) is 0.558. The van der Waals surface area contributed by atoms with Crippen LogP contribution in [0.4, 0.5) is 4.79 Å². The first-order chi connectivity index (χ1) is 13.3. The summed E-state index contributed by atoms with van der Waals surface area (Å²) in [6.45, 7) is 0.722. The minimum Gasteiger partial charge on any atom is -0.491 e. The molecule has 2 aromatic carbocycles. The molecule has 9 heteroatoms. The number of hydrogen-bond acceptors (Lipinski definition) is 4. The molecule has 6 nitrogen and oxygen atoms in total. The lowest BCUT2D eigenvalue weighted by molar-refractivity contribution is -0.121. The number of nitrogens with zero attached hydrogens (tertiary/aromatic N) is 1. The average Bonchev–Trinajstić information content (AvgIpc) is 2.63. The van der Waals surface area contributed by atoms with Gasteiger partial charge >= 0.3 is 6.03 Å². The van der Waals surface area contributed by atoms with Gasteiger partial charge in [-0.05, 0) is 36.4 Å². The molecule has 0 aromatic heterocycles. The largest absolute Gasteiger partial charge is 0.491 e. The van der Waals surface area contributed by atoms with Gasteiger partial charge in [0.05, 0.1) is 12.1 Å². The zero-order valence-electron chi connectivity index (χ0n) is 14.5. The standard InChI is InChI=1S/C19H15Cl3N2O4/c20-12-1-2-16(28-6-5-24-4-3-17(25)23-19(24)27)15(10-12)18(26)11-7-13(21)9-14(22)8-11/h1-2,7-10H,3-6H2,(H,23,25,27). The van der Waals surface area contributed by atoms with Crippen LogP contribution in [0.2, 0.25) is 15.1 Å². The highest BCUT2D eigenvalue weighted by molar-refractivity contribution is 6.35. The number of carbonyl (C=O) groups excluding carboxylic acids is 3. The van der Waals surface area contributed by atoms with Crippen LogP contribution in [0, 0.1) is 0 Å². The SMILES string of the molecule is O=C1CCN(CCOc2ccc(Cl)cc2C(=O)c2cc(Cl)cc(Cl)c2)C(=O)N1. The van der Waals surface area contributed by atoms with Crippen molar-refractivity contribution in [2.45, 2.75) is 6.42 Å². The summed E-state index contributed by atoms with van der Waals surface area (Å²) in [6.07, 6.45) is 0.242. The van der Waals surface area contributed by atoms with Crippen molar-refractivity contribution in [2.75, 3.05) is 19.7 Å². The van der Waals surface area contributed by atoms with Gasteiger partial charge in [-0.25, -0.2) is 4.79 Å². The maximum atomic E-state index is 12.9. The summed E-state index contributed by atoms with van der Waals surface area (Å²) in [4.78, 5) is 37.3. The van der Waals surface area contributed by atoms with Crippen LogP contribution in [0.15, 0.2) is 36.4 Å². The number of urea groups is 1. The number of imide groups is 1. The van der Waals surface area contributed by atoms with Crippen molar-refractivity contribution in [1.82, 2.24) is 10.2 Å². The smallest absolute Gasteiger partial charge is 0.324 e. The Hall–Kier alpha value is -2.28. The van der Waals surface area contributed by atoms with Gasteiger partial charge in [0.15, 0.2) is 5.78 Å². The number of rotatable bonds is 6. The molecule has 1 fully saturated rings. The first-order valence-electron chi connectivity index (χ1n) is 8.35. The van der Waals surface area contributed by atoms with Gasteiger partial charge in [0.2, 0.25) is 5.91 Å². The van der Waals surface area contributed by atoms with Crippen LogP contribution in [-0.2, 0) is 4.79 Å². The van der Waals surface area contributed by atoms with E-state index in [1.54, 1.807) is 12.1 Å². The van der Waals surface area contributed by atoms with E-state index in [1.807, 2.05) is 0 Å². The maximum absolute atomic E-state index is 12.9. The second-order valence-electron chi connectivity index (χ2n) is 6.07. The van der Waals surface area contributed by atoms with E-state index >= 15 is 0 Å². The van der Waals surface area contributed by atoms with E-state index in [2.05, 4.69) is 5.32 Å². The molecule has 1 saturated heterocycles. The van der Waals surface area contributed by atoms with Crippen LogP contribution in [0.25, 0.3) is 0 Å². The number of nitrogens with one attached hydrogen (secondary N) is 1. The van der Waals surface area contributed by atoms with Gasteiger partial charge in [0, 0.05) is 33.6 Å². The lowest BCUT2D eigenvalue weighted by atomic mass is 10.0. The Kier molecular flexibility index (Phi) is 6.44. The number of amides is 3. The molecule has 3 rings (SSSR count). The third-order valence-electron chi connectivity index (χ3n) is 4.07. The lowest BCUT2D eigenvalue weighted by Gasteiger charge is -2.26. The van der Waals surface area contributed by atoms with Crippen molar-refractivity contribution in [1.29, 1.82) is 0 Å². The molecule has 1 heterocycles. The molecule has 0 radical (unpaired) electrons. The number of halogens is 3. The third kappa shape index (κ3) is 4.95. The summed E-state index contributed by atoms with van der Waals surface area (Å²) in [7, 11) is 0. The van der Waals surface area contributed by atoms with Crippen LogP contribution in [0.5, 0.6) is 5.75 Å². The van der Waals surface area contributed by atoms with Crippen molar-refractivity contribution in [3.63, 3.8) is 0 Å². The van der Waals surface area contributed by atoms with Crippen LogP contribution in [0.1, 0.15) is 22.3 Å². The number of hydrogen-bond donors (Lipinski definition) is 1. The second-order valence-corrected chi connectivity index (χ2v) is 7.38. The topological polar surface area (TPSA) is 75.7 Å². The highest BCUT2D eigenvalue weighted by Crippen LogP contribution is 2.28. The molecule has 146 valence electrons. The van der Waals surface area contributed by atoms with E-state index in [4.69, 9.17) is 39.5 Å². The van der Waals surface area contributed by atoms with Crippen molar-refractivity contribution >= 4 is 52.5 Å². The quantitative estimate of drug-likeness (QED) is 0.682. The Labute approximate surface area is 176 Å². The number of ether oxygens (including phenoxy) is 1. The zero-order chi connectivity index (χ0) is 20.3. The van der Waals surface area contributed by atoms with Gasteiger partial charge in [0.1, 0.15) is 12.4 Å². The second kappa shape index (κ2) is 8.82. The molecule has 2 aromatic rings. The van der Waals surface area contributed by atoms with E-state index in [1.165, 1.54) is 29.2 Å². The third-order valence-corrected chi connectivity index (χ3v) is 4.74. The van der Waals surface area contributed by atoms with E-state index in [-0.39, 0.29) is 36.8 Å². The molecule has 1 N–H and O–H groups in total. The molecule has 3 amide bonds. The van der Waals surface area contributed by atoms with Crippen LogP contribution >= 0.6 is 34.8 Å². The van der Waals surface area contributed by atoms with Gasteiger partial charge in [-0.2, -0.15) is 0 Å². The van der Waals surface area contributed by atoms with Crippen LogP contribution in [-0.4, -0.2) is 42.3 Å². The molecule has 28 heavy (non-hydrogen) atoms. The predicted molar refractivity (Wildman–Crippen MR) is 107 cm³/mol. The van der Waals surface area contributed by atoms with Crippen molar-refractivity contribution < 1.29 is 19.1 Å². The van der Waals surface area contributed by atoms with Gasteiger partial charge < -0.3 is 9.64 Å². The normalized spacial score (nSPS) is 14.0. The predicted octanol–water partition coefficient (Wildman–Crippen LogP) is 4.20. The van der Waals surface area contributed by atoms with Crippen LogP contribution in [0.3, 0.4) is 0 Å². The molecule has 0 saturated carbocycles. The number of carbonyl (C=O) groups is 3. The molecule has 1 aliphatic rings. The van der Waals surface area contributed by atoms with Crippen molar-refractivity contribution in [3.8, 4) is 5.75 Å². The monoisotopic (exact) mass is 440 g/mol. The molecule has 1 aliphatic heterocycles. The van der Waals surface area contributed by atoms with E-state index in [9.17, 15) is 14.4 Å². The summed E-state index contributed by atoms with van der Waals surface area (Å²) in [6, 6.07) is 8.78. The Bertz CT molecular complexity index is 929. The minimum absolute atomic E-state index is 0.139. The Balaban J connectivity index is 1.74. The van der Waals surface area contributed by atoms with Gasteiger partial charge in [-0.1, -0.05) is 34.8 Å². The van der Waals surface area contributed by atoms with Gasteiger partial charge in [-0.3, -0.25) is 14.9 Å². The van der Waals surface area contributed by atoms with Crippen molar-refractivity contribution in [3.05, 3.63) is 62.6 Å². The summed E-state index contributed by atoms with van der Waals surface area (Å²) >= 11 is 18.0. The molecule has 0 unspecified atom stereocenters. The molecule has 0 bridgehead atoms. The molecule has 0 spiro atoms. The number of benzene rings is 2.